The Kier molecular flexibility index (Phi) is 3.05. The predicted octanol–water partition coefficient (Wildman–Crippen LogP) is 4.56. The van der Waals surface area contributed by atoms with Crippen LogP contribution in [0.4, 0.5) is 17.2 Å². The van der Waals surface area contributed by atoms with Crippen LogP contribution >= 0.6 is 0 Å². The summed E-state index contributed by atoms with van der Waals surface area (Å²) in [5, 5.41) is 11.0. The van der Waals surface area contributed by atoms with Gasteiger partial charge in [-0.15, -0.1) is 0 Å². The molecule has 0 spiro atoms. The number of pyridine rings is 1. The van der Waals surface area contributed by atoms with Crippen molar-refractivity contribution in [2.45, 2.75) is 6.54 Å². The van der Waals surface area contributed by atoms with E-state index in [1.165, 1.54) is 5.56 Å². The van der Waals surface area contributed by atoms with Crippen molar-refractivity contribution in [3.05, 3.63) is 88.6 Å². The molecule has 6 heteroatoms. The lowest BCUT2D eigenvalue weighted by Crippen LogP contribution is -2.22. The first-order valence-corrected chi connectivity index (χ1v) is 8.30. The molecule has 6 nitrogen and oxygen atoms in total. The molecule has 0 saturated heterocycles. The number of nitro benzene ring substituents is 1. The molecule has 4 aromatic rings. The van der Waals surface area contributed by atoms with Gasteiger partial charge in [-0.25, -0.2) is 4.98 Å². The smallest absolute Gasteiger partial charge is 0.269 e. The van der Waals surface area contributed by atoms with Crippen LogP contribution in [0.1, 0.15) is 5.56 Å². The lowest BCUT2D eigenvalue weighted by molar-refractivity contribution is -0.384. The maximum atomic E-state index is 11.0. The number of imidazole rings is 1. The van der Waals surface area contributed by atoms with Crippen molar-refractivity contribution >= 4 is 22.8 Å². The Morgan fingerprint density at radius 1 is 0.962 bits per heavy atom. The van der Waals surface area contributed by atoms with Gasteiger partial charge in [-0.3, -0.25) is 14.5 Å². The van der Waals surface area contributed by atoms with E-state index in [4.69, 9.17) is 4.98 Å². The fourth-order valence-electron chi connectivity index (χ4n) is 3.52. The first-order valence-electron chi connectivity index (χ1n) is 8.30. The van der Waals surface area contributed by atoms with Crippen molar-refractivity contribution in [2.75, 3.05) is 4.90 Å². The molecule has 2 aromatic heterocycles. The first-order chi connectivity index (χ1) is 12.7. The number of aromatic nitrogens is 2. The third-order valence-electron chi connectivity index (χ3n) is 4.73. The Morgan fingerprint density at radius 2 is 1.73 bits per heavy atom. The zero-order valence-electron chi connectivity index (χ0n) is 13.7. The molecule has 0 amide bonds. The van der Waals surface area contributed by atoms with E-state index in [9.17, 15) is 10.1 Å². The minimum absolute atomic E-state index is 0.0875. The largest absolute Gasteiger partial charge is 0.321 e. The quantitative estimate of drug-likeness (QED) is 0.396. The van der Waals surface area contributed by atoms with Gasteiger partial charge < -0.3 is 4.90 Å². The van der Waals surface area contributed by atoms with Crippen molar-refractivity contribution in [3.8, 4) is 11.3 Å². The summed E-state index contributed by atoms with van der Waals surface area (Å²) in [6.45, 7) is 0.684. The number of anilines is 2. The van der Waals surface area contributed by atoms with Gasteiger partial charge in [-0.1, -0.05) is 30.3 Å². The van der Waals surface area contributed by atoms with Gasteiger partial charge in [0.05, 0.1) is 11.5 Å². The number of benzene rings is 2. The summed E-state index contributed by atoms with van der Waals surface area (Å²) in [7, 11) is 0. The number of hydrogen-bond acceptors (Lipinski definition) is 4. The number of fused-ring (bicyclic) bond motifs is 5. The third kappa shape index (κ3) is 2.09. The Morgan fingerprint density at radius 3 is 2.54 bits per heavy atom. The molecule has 0 unspecified atom stereocenters. The molecule has 1 aliphatic rings. The highest BCUT2D eigenvalue weighted by molar-refractivity contribution is 5.85. The van der Waals surface area contributed by atoms with Gasteiger partial charge >= 0.3 is 0 Å². The summed E-state index contributed by atoms with van der Waals surface area (Å²) in [5.74, 6) is 0.980. The van der Waals surface area contributed by atoms with E-state index < -0.39 is 0 Å². The molecule has 0 bridgehead atoms. The number of non-ortho nitro benzene ring substituents is 1. The van der Waals surface area contributed by atoms with Gasteiger partial charge in [-0.05, 0) is 29.8 Å². The van der Waals surface area contributed by atoms with Gasteiger partial charge in [0, 0.05) is 29.6 Å². The van der Waals surface area contributed by atoms with Gasteiger partial charge in [0.15, 0.2) is 0 Å². The molecule has 0 radical (unpaired) electrons. The summed E-state index contributed by atoms with van der Waals surface area (Å²) in [6, 6.07) is 20.8. The van der Waals surface area contributed by atoms with Gasteiger partial charge in [0.1, 0.15) is 17.2 Å². The second kappa shape index (κ2) is 5.42. The SMILES string of the molecule is O=[N+]([O-])c1ccc(N2Cc3ccccc3-c3nc4ccccn4c32)cc1. The van der Waals surface area contributed by atoms with Crippen molar-refractivity contribution in [1.29, 1.82) is 0 Å². The number of nitrogens with zero attached hydrogens (tertiary/aromatic N) is 4. The van der Waals surface area contributed by atoms with E-state index in [1.54, 1.807) is 24.3 Å². The number of rotatable bonds is 2. The molecule has 2 aromatic carbocycles. The fraction of sp³-hybridized carbons (Fsp3) is 0.0500. The molecule has 126 valence electrons. The van der Waals surface area contributed by atoms with Crippen molar-refractivity contribution < 1.29 is 4.92 Å². The fourth-order valence-corrected chi connectivity index (χ4v) is 3.52. The standard InChI is InChI=1S/C20H14N4O2/c25-24(26)16-10-8-15(9-11-16)23-13-14-5-1-2-6-17(14)19-20(23)22-12-4-3-7-18(22)21-19/h1-12H,13H2. The van der Waals surface area contributed by atoms with E-state index >= 15 is 0 Å². The molecule has 5 rings (SSSR count). The zero-order valence-corrected chi connectivity index (χ0v) is 13.7. The monoisotopic (exact) mass is 342 g/mol. The topological polar surface area (TPSA) is 63.7 Å². The summed E-state index contributed by atoms with van der Waals surface area (Å²) in [4.78, 5) is 17.6. The highest BCUT2D eigenvalue weighted by Crippen LogP contribution is 2.42. The molecule has 3 heterocycles. The normalized spacial score (nSPS) is 12.7. The second-order valence-electron chi connectivity index (χ2n) is 6.23. The maximum absolute atomic E-state index is 11.0. The average Bonchev–Trinajstić information content (AvgIpc) is 3.07. The molecule has 0 saturated carbocycles. The Bertz CT molecular complexity index is 1150. The first kappa shape index (κ1) is 14.7. The van der Waals surface area contributed by atoms with Gasteiger partial charge in [0.2, 0.25) is 0 Å². The van der Waals surface area contributed by atoms with E-state index in [2.05, 4.69) is 21.4 Å². The van der Waals surface area contributed by atoms with Crippen LogP contribution in [0.15, 0.2) is 72.9 Å². The van der Waals surface area contributed by atoms with Crippen LogP contribution in [-0.2, 0) is 6.54 Å². The van der Waals surface area contributed by atoms with E-state index in [1.807, 2.05) is 36.5 Å². The minimum Gasteiger partial charge on any atom is -0.321 e. The van der Waals surface area contributed by atoms with E-state index in [-0.39, 0.29) is 10.6 Å². The zero-order chi connectivity index (χ0) is 17.7. The average molecular weight is 342 g/mol. The number of nitro groups is 1. The summed E-state index contributed by atoms with van der Waals surface area (Å²) in [5.41, 5.74) is 5.10. The molecular weight excluding hydrogens is 328 g/mol. The molecule has 0 fully saturated rings. The van der Waals surface area contributed by atoms with Crippen LogP contribution in [0.3, 0.4) is 0 Å². The van der Waals surface area contributed by atoms with Crippen LogP contribution in [0, 0.1) is 10.1 Å². The summed E-state index contributed by atoms with van der Waals surface area (Å²) in [6.07, 6.45) is 1.99. The predicted molar refractivity (Wildman–Crippen MR) is 99.6 cm³/mol. The van der Waals surface area contributed by atoms with Crippen molar-refractivity contribution in [1.82, 2.24) is 9.38 Å². The van der Waals surface area contributed by atoms with Crippen molar-refractivity contribution in [2.24, 2.45) is 0 Å². The molecule has 0 atom stereocenters. The highest BCUT2D eigenvalue weighted by Gasteiger charge is 2.28. The van der Waals surface area contributed by atoms with Crippen molar-refractivity contribution in [3.63, 3.8) is 0 Å². The number of hydrogen-bond donors (Lipinski definition) is 0. The summed E-state index contributed by atoms with van der Waals surface area (Å²) >= 11 is 0. The second-order valence-corrected chi connectivity index (χ2v) is 6.23. The van der Waals surface area contributed by atoms with Gasteiger partial charge in [0.25, 0.3) is 5.69 Å². The lowest BCUT2D eigenvalue weighted by Gasteiger charge is -2.30. The molecule has 0 N–H and O–H groups in total. The lowest BCUT2D eigenvalue weighted by atomic mass is 9.99. The Labute approximate surface area is 149 Å². The minimum atomic E-state index is -0.380. The van der Waals surface area contributed by atoms with Crippen LogP contribution in [0.25, 0.3) is 16.9 Å². The van der Waals surface area contributed by atoms with Crippen LogP contribution in [-0.4, -0.2) is 14.3 Å². The van der Waals surface area contributed by atoms with E-state index in [0.717, 1.165) is 28.4 Å². The van der Waals surface area contributed by atoms with Crippen LogP contribution in [0.2, 0.25) is 0 Å². The van der Waals surface area contributed by atoms with Crippen LogP contribution < -0.4 is 4.90 Å². The van der Waals surface area contributed by atoms with Gasteiger partial charge in [-0.2, -0.15) is 0 Å². The molecule has 1 aliphatic heterocycles. The highest BCUT2D eigenvalue weighted by atomic mass is 16.6. The maximum Gasteiger partial charge on any atom is 0.269 e. The molecule has 26 heavy (non-hydrogen) atoms. The molecule has 0 aliphatic carbocycles. The summed E-state index contributed by atoms with van der Waals surface area (Å²) < 4.78 is 2.06. The Hall–Kier alpha value is -3.67. The Balaban J connectivity index is 1.74. The third-order valence-corrected chi connectivity index (χ3v) is 4.73. The van der Waals surface area contributed by atoms with Crippen LogP contribution in [0.5, 0.6) is 0 Å². The van der Waals surface area contributed by atoms with E-state index in [0.29, 0.717) is 6.54 Å². The molecular formula is C20H14N4O2.